The summed E-state index contributed by atoms with van der Waals surface area (Å²) in [6.45, 7) is 0. The molecule has 0 radical (unpaired) electrons. The van der Waals surface area contributed by atoms with Gasteiger partial charge in [-0.25, -0.2) is 0 Å². The molecule has 3 rings (SSSR count). The van der Waals surface area contributed by atoms with Gasteiger partial charge in [-0.1, -0.05) is 74.3 Å². The number of benzene rings is 3. The van der Waals surface area contributed by atoms with Gasteiger partial charge in [-0.15, -0.1) is 0 Å². The van der Waals surface area contributed by atoms with E-state index in [9.17, 15) is 0 Å². The minimum absolute atomic E-state index is 0.452. The summed E-state index contributed by atoms with van der Waals surface area (Å²) in [5.74, 6) is 0. The third kappa shape index (κ3) is 3.71. The Morgan fingerprint density at radius 2 is 0.917 bits per heavy atom. The van der Waals surface area contributed by atoms with Gasteiger partial charge in [-0.3, -0.25) is 10.8 Å². The highest BCUT2D eigenvalue weighted by atomic mass is 79.9. The van der Waals surface area contributed by atoms with E-state index in [2.05, 4.69) is 31.9 Å². The molecule has 118 valence electrons. The zero-order valence-electron chi connectivity index (χ0n) is 12.7. The zero-order chi connectivity index (χ0) is 17.1. The van der Waals surface area contributed by atoms with E-state index in [1.54, 1.807) is 0 Å². The molecule has 0 aliphatic rings. The third-order valence-corrected chi connectivity index (χ3v) is 4.76. The van der Waals surface area contributed by atoms with Crippen molar-refractivity contribution in [2.75, 3.05) is 0 Å². The third-order valence-electron chi connectivity index (χ3n) is 3.71. The summed E-state index contributed by atoms with van der Waals surface area (Å²) in [5.41, 5.74) is 4.21. The summed E-state index contributed by atoms with van der Waals surface area (Å²) in [7, 11) is 0. The Morgan fingerprint density at radius 1 is 0.542 bits per heavy atom. The van der Waals surface area contributed by atoms with Crippen LogP contribution in [-0.2, 0) is 0 Å². The summed E-state index contributed by atoms with van der Waals surface area (Å²) >= 11 is 6.82. The largest absolute Gasteiger partial charge is 0.300 e. The molecule has 3 aromatic carbocycles. The molecular weight excluding hydrogens is 428 g/mol. The highest BCUT2D eigenvalue weighted by Crippen LogP contribution is 2.18. The minimum Gasteiger partial charge on any atom is -0.300 e. The van der Waals surface area contributed by atoms with Gasteiger partial charge in [-0.2, -0.15) is 0 Å². The van der Waals surface area contributed by atoms with Crippen LogP contribution in [0.5, 0.6) is 0 Å². The van der Waals surface area contributed by atoms with Gasteiger partial charge < -0.3 is 0 Å². The Kier molecular flexibility index (Phi) is 5.07. The topological polar surface area (TPSA) is 47.7 Å². The van der Waals surface area contributed by atoms with E-state index in [1.165, 1.54) is 0 Å². The fourth-order valence-corrected chi connectivity index (χ4v) is 2.93. The lowest BCUT2D eigenvalue weighted by Gasteiger charge is -2.09. The fraction of sp³-hybridized carbons (Fsp3) is 0. The molecule has 2 N–H and O–H groups in total. The van der Waals surface area contributed by atoms with Gasteiger partial charge in [0.15, 0.2) is 0 Å². The lowest BCUT2D eigenvalue weighted by molar-refractivity contribution is 1.42. The van der Waals surface area contributed by atoms with Crippen molar-refractivity contribution in [1.29, 1.82) is 10.8 Å². The SMILES string of the molecule is N=C(c1ccc(Br)cc1)c1cccc(C(=N)c2ccc(Br)cc2)c1. The van der Waals surface area contributed by atoms with E-state index in [1.807, 2.05) is 72.8 Å². The number of hydrogen-bond donors (Lipinski definition) is 2. The molecule has 0 amide bonds. The summed E-state index contributed by atoms with van der Waals surface area (Å²) in [4.78, 5) is 0. The van der Waals surface area contributed by atoms with Gasteiger partial charge in [0.1, 0.15) is 0 Å². The van der Waals surface area contributed by atoms with Crippen LogP contribution in [0.2, 0.25) is 0 Å². The number of hydrogen-bond acceptors (Lipinski definition) is 2. The van der Waals surface area contributed by atoms with E-state index in [0.717, 1.165) is 31.2 Å². The van der Waals surface area contributed by atoms with Crippen molar-refractivity contribution in [2.45, 2.75) is 0 Å². The van der Waals surface area contributed by atoms with Crippen LogP contribution in [0.1, 0.15) is 22.3 Å². The van der Waals surface area contributed by atoms with Crippen LogP contribution in [0.25, 0.3) is 0 Å². The van der Waals surface area contributed by atoms with Crippen LogP contribution in [0.3, 0.4) is 0 Å². The van der Waals surface area contributed by atoms with E-state index in [0.29, 0.717) is 11.4 Å². The van der Waals surface area contributed by atoms with Crippen molar-refractivity contribution in [3.05, 3.63) is 104 Å². The highest BCUT2D eigenvalue weighted by Gasteiger charge is 2.09. The van der Waals surface area contributed by atoms with Crippen molar-refractivity contribution in [2.24, 2.45) is 0 Å². The molecule has 4 heteroatoms. The van der Waals surface area contributed by atoms with Crippen LogP contribution < -0.4 is 0 Å². The maximum absolute atomic E-state index is 8.42. The van der Waals surface area contributed by atoms with Crippen molar-refractivity contribution < 1.29 is 0 Å². The second-order valence-electron chi connectivity index (χ2n) is 5.34. The highest BCUT2D eigenvalue weighted by molar-refractivity contribution is 9.10. The molecule has 0 saturated carbocycles. The Labute approximate surface area is 157 Å². The van der Waals surface area contributed by atoms with Gasteiger partial charge in [0.25, 0.3) is 0 Å². The molecule has 24 heavy (non-hydrogen) atoms. The average molecular weight is 442 g/mol. The molecule has 2 nitrogen and oxygen atoms in total. The molecule has 0 atom stereocenters. The summed E-state index contributed by atoms with van der Waals surface area (Å²) in [5, 5.41) is 16.8. The molecule has 0 unspecified atom stereocenters. The van der Waals surface area contributed by atoms with E-state index in [-0.39, 0.29) is 0 Å². The van der Waals surface area contributed by atoms with Crippen molar-refractivity contribution in [1.82, 2.24) is 0 Å². The minimum atomic E-state index is 0.452. The first kappa shape index (κ1) is 16.8. The zero-order valence-corrected chi connectivity index (χ0v) is 15.9. The first-order chi connectivity index (χ1) is 11.5. The summed E-state index contributed by atoms with van der Waals surface area (Å²) in [6.07, 6.45) is 0. The quantitative estimate of drug-likeness (QED) is 0.463. The summed E-state index contributed by atoms with van der Waals surface area (Å²) < 4.78 is 1.98. The Bertz CT molecular complexity index is 825. The second kappa shape index (κ2) is 7.24. The van der Waals surface area contributed by atoms with Crippen LogP contribution in [0.4, 0.5) is 0 Å². The lowest BCUT2D eigenvalue weighted by Crippen LogP contribution is -2.05. The average Bonchev–Trinajstić information content (AvgIpc) is 2.62. The van der Waals surface area contributed by atoms with E-state index < -0.39 is 0 Å². The molecule has 0 spiro atoms. The first-order valence-electron chi connectivity index (χ1n) is 7.34. The molecular formula is C20H14Br2N2. The molecule has 0 bridgehead atoms. The molecule has 0 aliphatic carbocycles. The molecule has 0 heterocycles. The van der Waals surface area contributed by atoms with Crippen LogP contribution >= 0.6 is 31.9 Å². The van der Waals surface area contributed by atoms with Crippen LogP contribution in [0, 0.1) is 10.8 Å². The number of rotatable bonds is 4. The Balaban J connectivity index is 1.91. The fourth-order valence-electron chi connectivity index (χ4n) is 2.40. The summed E-state index contributed by atoms with van der Waals surface area (Å²) in [6, 6.07) is 23.0. The second-order valence-corrected chi connectivity index (χ2v) is 7.18. The Hall–Kier alpha value is -2.04. The van der Waals surface area contributed by atoms with Gasteiger partial charge in [0, 0.05) is 31.2 Å². The van der Waals surface area contributed by atoms with Crippen molar-refractivity contribution >= 4 is 43.3 Å². The first-order valence-corrected chi connectivity index (χ1v) is 8.93. The molecule has 0 fully saturated rings. The molecule has 3 aromatic rings. The maximum Gasteiger partial charge on any atom is 0.0684 e. The predicted octanol–water partition coefficient (Wildman–Crippen LogP) is 6.04. The van der Waals surface area contributed by atoms with E-state index in [4.69, 9.17) is 10.8 Å². The Morgan fingerprint density at radius 3 is 1.29 bits per heavy atom. The van der Waals surface area contributed by atoms with Gasteiger partial charge in [0.05, 0.1) is 11.4 Å². The van der Waals surface area contributed by atoms with Crippen molar-refractivity contribution in [3.63, 3.8) is 0 Å². The molecule has 0 aliphatic heterocycles. The van der Waals surface area contributed by atoms with Crippen LogP contribution in [0.15, 0.2) is 81.7 Å². The standard InChI is InChI=1S/C20H14Br2N2/c21-17-8-4-13(5-9-17)19(23)15-2-1-3-16(12-15)20(24)14-6-10-18(22)11-7-14/h1-12,23-24H. The van der Waals surface area contributed by atoms with Gasteiger partial charge >= 0.3 is 0 Å². The smallest absolute Gasteiger partial charge is 0.0684 e. The van der Waals surface area contributed by atoms with Crippen molar-refractivity contribution in [3.8, 4) is 0 Å². The maximum atomic E-state index is 8.42. The van der Waals surface area contributed by atoms with Crippen LogP contribution in [-0.4, -0.2) is 11.4 Å². The lowest BCUT2D eigenvalue weighted by atomic mass is 9.96. The number of halogens is 2. The normalized spacial score (nSPS) is 10.4. The predicted molar refractivity (Wildman–Crippen MR) is 107 cm³/mol. The molecule has 0 aromatic heterocycles. The monoisotopic (exact) mass is 440 g/mol. The number of nitrogens with one attached hydrogen (secondary N) is 2. The van der Waals surface area contributed by atoms with E-state index >= 15 is 0 Å². The van der Waals surface area contributed by atoms with Gasteiger partial charge in [-0.05, 0) is 30.3 Å². The molecule has 0 saturated heterocycles. The van der Waals surface area contributed by atoms with Gasteiger partial charge in [0.2, 0.25) is 0 Å².